The lowest BCUT2D eigenvalue weighted by Gasteiger charge is -2.15. The number of carbonyl (C=O) groups is 1. The number of hydrogen-bond donors (Lipinski definition) is 0. The van der Waals surface area contributed by atoms with Gasteiger partial charge in [-0.1, -0.05) is 0 Å². The molecule has 2 rings (SSSR count). The molecule has 0 radical (unpaired) electrons. The summed E-state index contributed by atoms with van der Waals surface area (Å²) in [4.78, 5) is 17.6. The van der Waals surface area contributed by atoms with Gasteiger partial charge in [-0.2, -0.15) is 4.99 Å². The number of hydrogen-bond acceptors (Lipinski definition) is 7. The normalized spacial score (nSPS) is 24.8. The molecule has 12 heavy (non-hydrogen) atoms. The van der Waals surface area contributed by atoms with Gasteiger partial charge in [-0.15, -0.1) is 8.42 Å². The van der Waals surface area contributed by atoms with Crippen LogP contribution < -0.4 is 0 Å². The second-order valence-corrected chi connectivity index (χ2v) is 3.16. The monoisotopic (exact) mass is 190 g/mol. The van der Waals surface area contributed by atoms with Gasteiger partial charge in [0.1, 0.15) is 6.54 Å². The molecule has 7 nitrogen and oxygen atoms in total. The lowest BCUT2D eigenvalue weighted by atomic mass is 10.4. The second kappa shape index (κ2) is 2.03. The van der Waals surface area contributed by atoms with Crippen molar-refractivity contribution in [2.24, 2.45) is 9.98 Å². The Kier molecular flexibility index (Phi) is 1.22. The van der Waals surface area contributed by atoms with Gasteiger partial charge >= 0.3 is 16.4 Å². The van der Waals surface area contributed by atoms with Gasteiger partial charge in [-0.3, -0.25) is 4.79 Å². The van der Waals surface area contributed by atoms with Crippen LogP contribution in [0.1, 0.15) is 0 Å². The van der Waals surface area contributed by atoms with Crippen molar-refractivity contribution in [1.29, 1.82) is 0 Å². The summed E-state index contributed by atoms with van der Waals surface area (Å²) in [7, 11) is -4.16. The summed E-state index contributed by atoms with van der Waals surface area (Å²) >= 11 is 0. The van der Waals surface area contributed by atoms with E-state index in [1.165, 1.54) is 0 Å². The largest absolute Gasteiger partial charge is 0.505 e. The van der Waals surface area contributed by atoms with Crippen molar-refractivity contribution < 1.29 is 21.6 Å². The van der Waals surface area contributed by atoms with Crippen molar-refractivity contribution >= 4 is 28.1 Å². The molecule has 0 aromatic rings. The van der Waals surface area contributed by atoms with Crippen molar-refractivity contribution in [2.45, 2.75) is 0 Å². The molecule has 2 aliphatic heterocycles. The van der Waals surface area contributed by atoms with E-state index in [-0.39, 0.29) is 12.6 Å². The van der Waals surface area contributed by atoms with E-state index in [4.69, 9.17) is 0 Å². The first-order valence-electron chi connectivity index (χ1n) is 2.87. The average Bonchev–Trinajstić information content (AvgIpc) is 1.95. The third-order valence-corrected chi connectivity index (χ3v) is 1.87. The molecule has 0 saturated carbocycles. The van der Waals surface area contributed by atoms with Gasteiger partial charge < -0.3 is 8.37 Å². The molecular formula is C4H2N2O5S. The van der Waals surface area contributed by atoms with E-state index in [0.29, 0.717) is 0 Å². The number of aliphatic imine (C=N–C) groups is 2. The number of Topliss-reactive ketones (excluding diaryl/α,β-unsaturated/α-hetero) is 1. The van der Waals surface area contributed by atoms with E-state index in [1.807, 2.05) is 0 Å². The molecule has 64 valence electrons. The van der Waals surface area contributed by atoms with Crippen LogP contribution in [0.2, 0.25) is 0 Å². The molecule has 0 fully saturated rings. The number of amidine groups is 1. The molecule has 0 spiro atoms. The Balaban J connectivity index is 2.51. The first kappa shape index (κ1) is 7.22. The maximum absolute atomic E-state index is 10.8. The predicted molar refractivity (Wildman–Crippen MR) is 35.8 cm³/mol. The first-order chi connectivity index (χ1) is 5.57. The van der Waals surface area contributed by atoms with Crippen LogP contribution >= 0.6 is 0 Å². The third-order valence-electron chi connectivity index (χ3n) is 1.15. The zero-order chi connectivity index (χ0) is 8.77. The molecule has 0 aromatic carbocycles. The third kappa shape index (κ3) is 1.05. The number of rotatable bonds is 0. The highest BCUT2D eigenvalue weighted by Gasteiger charge is 2.33. The molecule has 0 atom stereocenters. The summed E-state index contributed by atoms with van der Waals surface area (Å²) in [5, 5.41) is 0. The summed E-state index contributed by atoms with van der Waals surface area (Å²) in [5.41, 5.74) is 0. The fourth-order valence-electron chi connectivity index (χ4n) is 0.707. The van der Waals surface area contributed by atoms with Crippen LogP contribution in [-0.2, 0) is 23.6 Å². The van der Waals surface area contributed by atoms with E-state index >= 15 is 0 Å². The van der Waals surface area contributed by atoms with Gasteiger partial charge in [-0.25, -0.2) is 4.99 Å². The molecule has 0 aromatic heterocycles. The topological polar surface area (TPSA) is 94.4 Å². The summed E-state index contributed by atoms with van der Waals surface area (Å²) in [6, 6.07) is -0.351. The highest BCUT2D eigenvalue weighted by atomic mass is 32.3. The van der Waals surface area contributed by atoms with Gasteiger partial charge in [0.2, 0.25) is 5.78 Å². The van der Waals surface area contributed by atoms with Crippen molar-refractivity contribution in [1.82, 2.24) is 0 Å². The molecule has 0 aliphatic carbocycles. The lowest BCUT2D eigenvalue weighted by Crippen LogP contribution is -2.35. The molecule has 0 saturated heterocycles. The minimum Gasteiger partial charge on any atom is -0.328 e. The van der Waals surface area contributed by atoms with Crippen LogP contribution in [0.3, 0.4) is 0 Å². The average molecular weight is 190 g/mol. The molecule has 0 unspecified atom stereocenters. The van der Waals surface area contributed by atoms with Gasteiger partial charge in [0, 0.05) is 0 Å². The number of fused-ring (bicyclic) bond motifs is 1. The van der Waals surface area contributed by atoms with Crippen molar-refractivity contribution in [3.63, 3.8) is 0 Å². The molecule has 0 N–H and O–H groups in total. The molecule has 2 heterocycles. The summed E-state index contributed by atoms with van der Waals surface area (Å²) in [5.74, 6) is -1.06. The maximum atomic E-state index is 10.8. The van der Waals surface area contributed by atoms with Crippen molar-refractivity contribution in [3.05, 3.63) is 0 Å². The summed E-state index contributed by atoms with van der Waals surface area (Å²) < 4.78 is 29.6. The molecule has 8 heteroatoms. The fourth-order valence-corrected chi connectivity index (χ4v) is 1.34. The second-order valence-electron chi connectivity index (χ2n) is 2.01. The van der Waals surface area contributed by atoms with Crippen LogP contribution in [0.15, 0.2) is 9.98 Å². The first-order valence-corrected chi connectivity index (χ1v) is 4.20. The Morgan fingerprint density at radius 2 is 2.08 bits per heavy atom. The van der Waals surface area contributed by atoms with E-state index < -0.39 is 22.1 Å². The van der Waals surface area contributed by atoms with Crippen molar-refractivity contribution in [3.8, 4) is 0 Å². The van der Waals surface area contributed by atoms with E-state index in [9.17, 15) is 13.2 Å². The molecule has 0 amide bonds. The summed E-state index contributed by atoms with van der Waals surface area (Å²) in [6.45, 7) is -0.191. The van der Waals surface area contributed by atoms with Gasteiger partial charge in [0.15, 0.2) is 0 Å². The van der Waals surface area contributed by atoms with Crippen molar-refractivity contribution in [2.75, 3.05) is 6.54 Å². The van der Waals surface area contributed by atoms with E-state index in [0.717, 1.165) is 0 Å². The van der Waals surface area contributed by atoms with Gasteiger partial charge in [-0.05, 0) is 0 Å². The van der Waals surface area contributed by atoms with E-state index in [1.54, 1.807) is 0 Å². The lowest BCUT2D eigenvalue weighted by molar-refractivity contribution is -0.112. The minimum absolute atomic E-state index is 0.191. The Bertz CT molecular complexity index is 405. The van der Waals surface area contributed by atoms with Crippen LogP contribution in [0.4, 0.5) is 0 Å². The highest BCUT2D eigenvalue weighted by Crippen LogP contribution is 2.11. The standard InChI is InChI=1S/C4H2N2O5S/c7-2-1-5-4-6-3(2)10-12(8,9)11-4/h1H2. The maximum Gasteiger partial charge on any atom is 0.505 e. The highest BCUT2D eigenvalue weighted by molar-refractivity contribution is 7.83. The molecule has 2 bridgehead atoms. The van der Waals surface area contributed by atoms with Crippen LogP contribution in [-0.4, -0.2) is 32.7 Å². The summed E-state index contributed by atoms with van der Waals surface area (Å²) in [6.07, 6.45) is 0. The molecular weight excluding hydrogens is 188 g/mol. The van der Waals surface area contributed by atoms with Crippen LogP contribution in [0.25, 0.3) is 0 Å². The smallest absolute Gasteiger partial charge is 0.328 e. The zero-order valence-corrected chi connectivity index (χ0v) is 6.37. The Labute approximate surface area is 67.0 Å². The zero-order valence-electron chi connectivity index (χ0n) is 5.55. The van der Waals surface area contributed by atoms with E-state index in [2.05, 4.69) is 18.4 Å². The quantitative estimate of drug-likeness (QED) is 0.469. The van der Waals surface area contributed by atoms with Gasteiger partial charge in [0.25, 0.3) is 5.90 Å². The SMILES string of the molecule is O=C1CN=C2N=C1OS(=O)(=O)O2. The Hall–Kier alpha value is -1.44. The Morgan fingerprint density at radius 1 is 1.33 bits per heavy atom. The Morgan fingerprint density at radius 3 is 2.83 bits per heavy atom. The number of nitrogens with zero attached hydrogens (tertiary/aromatic N) is 2. The fraction of sp³-hybridized carbons (Fsp3) is 0.250. The molecule has 2 aliphatic rings. The number of carbonyl (C=O) groups excluding carboxylic acids is 1. The number of ketones is 1. The van der Waals surface area contributed by atoms with Crippen LogP contribution in [0, 0.1) is 0 Å². The van der Waals surface area contributed by atoms with Crippen LogP contribution in [0.5, 0.6) is 0 Å². The van der Waals surface area contributed by atoms with Gasteiger partial charge in [0.05, 0.1) is 0 Å². The minimum atomic E-state index is -4.16. The predicted octanol–water partition coefficient (Wildman–Crippen LogP) is -1.38.